The molecule has 0 N–H and O–H groups in total. The number of rotatable bonds is 9. The summed E-state index contributed by atoms with van der Waals surface area (Å²) in [5.41, 5.74) is 0. The summed E-state index contributed by atoms with van der Waals surface area (Å²) in [5.74, 6) is 2.26. The van der Waals surface area contributed by atoms with Crippen LogP contribution in [0.2, 0.25) is 0 Å². The Kier molecular flexibility index (Phi) is 7.08. The Hall–Kier alpha value is -1.57. The third kappa shape index (κ3) is 5.22. The summed E-state index contributed by atoms with van der Waals surface area (Å²) < 4.78 is 40.1. The molecule has 0 amide bonds. The van der Waals surface area contributed by atoms with Crippen LogP contribution in [-0.2, 0) is 6.54 Å². The lowest BCUT2D eigenvalue weighted by Crippen LogP contribution is -2.38. The predicted molar refractivity (Wildman–Crippen MR) is 97.4 cm³/mol. The van der Waals surface area contributed by atoms with Crippen LogP contribution < -0.4 is 4.90 Å². The van der Waals surface area contributed by atoms with Crippen LogP contribution in [0.15, 0.2) is 12.7 Å². The first-order chi connectivity index (χ1) is 12.3. The van der Waals surface area contributed by atoms with Gasteiger partial charge in [0, 0.05) is 32.1 Å². The minimum atomic E-state index is -4.15. The summed E-state index contributed by atoms with van der Waals surface area (Å²) in [5, 5.41) is 8.74. The first-order valence-corrected chi connectivity index (χ1v) is 9.37. The smallest absolute Gasteiger partial charge is 0.341 e. The van der Waals surface area contributed by atoms with Crippen molar-refractivity contribution in [3.05, 3.63) is 18.5 Å². The van der Waals surface area contributed by atoms with E-state index in [-0.39, 0.29) is 5.92 Å². The third-order valence-electron chi connectivity index (χ3n) is 5.06. The van der Waals surface area contributed by atoms with Crippen LogP contribution in [0.4, 0.5) is 19.1 Å². The fourth-order valence-electron chi connectivity index (χ4n) is 3.48. The molecule has 148 valence electrons. The van der Waals surface area contributed by atoms with Crippen molar-refractivity contribution in [1.29, 1.82) is 0 Å². The lowest BCUT2D eigenvalue weighted by atomic mass is 10.1. The maximum atomic E-state index is 12.7. The number of nitrogens with zero attached hydrogens (tertiary/aromatic N) is 5. The Morgan fingerprint density at radius 2 is 2.08 bits per heavy atom. The van der Waals surface area contributed by atoms with Crippen LogP contribution in [0.25, 0.3) is 0 Å². The lowest BCUT2D eigenvalue weighted by Gasteiger charge is -2.25. The van der Waals surface area contributed by atoms with E-state index in [9.17, 15) is 13.2 Å². The molecule has 8 heteroatoms. The van der Waals surface area contributed by atoms with Gasteiger partial charge in [-0.15, -0.1) is 16.8 Å². The van der Waals surface area contributed by atoms with Gasteiger partial charge in [-0.2, -0.15) is 13.2 Å². The van der Waals surface area contributed by atoms with Crippen molar-refractivity contribution in [3.63, 3.8) is 0 Å². The van der Waals surface area contributed by atoms with Crippen molar-refractivity contribution in [1.82, 2.24) is 19.7 Å². The average molecular weight is 373 g/mol. The number of hydrogen-bond acceptors (Lipinski definition) is 4. The highest BCUT2D eigenvalue weighted by Gasteiger charge is 2.33. The second kappa shape index (κ2) is 8.88. The van der Waals surface area contributed by atoms with Gasteiger partial charge in [-0.25, -0.2) is 0 Å². The van der Waals surface area contributed by atoms with E-state index in [2.05, 4.69) is 40.1 Å². The second-order valence-electron chi connectivity index (χ2n) is 7.11. The molecule has 1 saturated heterocycles. The van der Waals surface area contributed by atoms with E-state index in [1.54, 1.807) is 6.92 Å². The molecule has 0 spiro atoms. The maximum Gasteiger partial charge on any atom is 0.401 e. The molecule has 0 saturated carbocycles. The van der Waals surface area contributed by atoms with Crippen LogP contribution in [-0.4, -0.2) is 58.6 Å². The Labute approximate surface area is 153 Å². The summed E-state index contributed by atoms with van der Waals surface area (Å²) in [6, 6.07) is 0. The molecule has 0 aliphatic carbocycles. The summed E-state index contributed by atoms with van der Waals surface area (Å²) in [7, 11) is 0. The summed E-state index contributed by atoms with van der Waals surface area (Å²) in [6.45, 7) is 12.0. The topological polar surface area (TPSA) is 37.2 Å². The van der Waals surface area contributed by atoms with E-state index in [4.69, 9.17) is 0 Å². The van der Waals surface area contributed by atoms with Crippen molar-refractivity contribution >= 4 is 5.95 Å². The minimum Gasteiger partial charge on any atom is -0.341 e. The fraction of sp³-hybridized carbons (Fsp3) is 0.778. The summed E-state index contributed by atoms with van der Waals surface area (Å²) in [6.07, 6.45) is -0.479. The monoisotopic (exact) mass is 373 g/mol. The molecular weight excluding hydrogens is 343 g/mol. The van der Waals surface area contributed by atoms with E-state index in [0.717, 1.165) is 31.2 Å². The lowest BCUT2D eigenvalue weighted by molar-refractivity contribution is -0.146. The first kappa shape index (κ1) is 20.7. The fourth-order valence-corrected chi connectivity index (χ4v) is 3.48. The Morgan fingerprint density at radius 1 is 1.35 bits per heavy atom. The van der Waals surface area contributed by atoms with Gasteiger partial charge in [-0.3, -0.25) is 9.47 Å². The molecule has 26 heavy (non-hydrogen) atoms. The first-order valence-electron chi connectivity index (χ1n) is 9.37. The highest BCUT2D eigenvalue weighted by Crippen LogP contribution is 2.27. The van der Waals surface area contributed by atoms with Crippen LogP contribution in [0.5, 0.6) is 0 Å². The van der Waals surface area contributed by atoms with Crippen molar-refractivity contribution in [3.8, 4) is 0 Å². The second-order valence-corrected chi connectivity index (χ2v) is 7.11. The number of anilines is 1. The summed E-state index contributed by atoms with van der Waals surface area (Å²) >= 11 is 0. The van der Waals surface area contributed by atoms with Gasteiger partial charge in [0.15, 0.2) is 0 Å². The van der Waals surface area contributed by atoms with Gasteiger partial charge in [0.2, 0.25) is 5.95 Å². The molecule has 2 rings (SSSR count). The number of halogens is 3. The molecule has 2 heterocycles. The Bertz CT molecular complexity index is 584. The normalized spacial score (nSPS) is 19.3. The number of aromatic nitrogens is 3. The van der Waals surface area contributed by atoms with Crippen molar-refractivity contribution in [2.75, 3.05) is 37.6 Å². The van der Waals surface area contributed by atoms with Gasteiger partial charge in [0.05, 0.1) is 6.54 Å². The molecule has 0 unspecified atom stereocenters. The highest BCUT2D eigenvalue weighted by molar-refractivity contribution is 5.34. The molecule has 1 aliphatic rings. The zero-order valence-electron chi connectivity index (χ0n) is 16.0. The third-order valence-corrected chi connectivity index (χ3v) is 5.06. The Morgan fingerprint density at radius 3 is 2.65 bits per heavy atom. The largest absolute Gasteiger partial charge is 0.401 e. The van der Waals surface area contributed by atoms with Gasteiger partial charge in [0.1, 0.15) is 5.82 Å². The molecule has 1 fully saturated rings. The van der Waals surface area contributed by atoms with Crippen LogP contribution in [0.3, 0.4) is 0 Å². The number of allylic oxidation sites excluding steroid dienone is 1. The van der Waals surface area contributed by atoms with Gasteiger partial charge in [-0.05, 0) is 25.3 Å². The van der Waals surface area contributed by atoms with Crippen molar-refractivity contribution < 1.29 is 13.2 Å². The molecule has 1 aromatic rings. The molecule has 1 aliphatic heterocycles. The van der Waals surface area contributed by atoms with Crippen LogP contribution >= 0.6 is 0 Å². The predicted octanol–water partition coefficient (Wildman–Crippen LogP) is 3.69. The van der Waals surface area contributed by atoms with E-state index < -0.39 is 12.7 Å². The zero-order chi connectivity index (χ0) is 19.3. The van der Waals surface area contributed by atoms with E-state index in [1.807, 2.05) is 6.08 Å². The minimum absolute atomic E-state index is 0.207. The van der Waals surface area contributed by atoms with Gasteiger partial charge < -0.3 is 4.90 Å². The molecule has 5 nitrogen and oxygen atoms in total. The highest BCUT2D eigenvalue weighted by atomic mass is 19.4. The van der Waals surface area contributed by atoms with Crippen LogP contribution in [0, 0.1) is 5.92 Å². The van der Waals surface area contributed by atoms with E-state index >= 15 is 0 Å². The van der Waals surface area contributed by atoms with Gasteiger partial charge in [-0.1, -0.05) is 26.8 Å². The molecule has 1 aromatic heterocycles. The molecular formula is C18H30F3N5. The molecule has 0 aromatic carbocycles. The summed E-state index contributed by atoms with van der Waals surface area (Å²) in [4.78, 5) is 3.63. The van der Waals surface area contributed by atoms with Crippen LogP contribution in [0.1, 0.15) is 45.4 Å². The maximum absolute atomic E-state index is 12.7. The van der Waals surface area contributed by atoms with E-state index in [1.165, 1.54) is 4.90 Å². The quantitative estimate of drug-likeness (QED) is 0.619. The SMILES string of the molecule is C=CCn1c([C@@H](C)CC)nnc1N1CC[C@H](CN(CC)CC(F)(F)F)C1. The zero-order valence-corrected chi connectivity index (χ0v) is 16.0. The number of hydrogen-bond donors (Lipinski definition) is 0. The molecule has 0 radical (unpaired) electrons. The Balaban J connectivity index is 2.06. The standard InChI is InChI=1S/C18H30F3N5/c1-5-9-26-16(14(4)6-2)22-23-17(26)25-10-8-15(12-25)11-24(7-3)13-18(19,20)21/h5,14-15H,1,6-13H2,2-4H3/t14-,15+/m0/s1. The number of alkyl halides is 3. The van der Waals surface area contributed by atoms with Gasteiger partial charge >= 0.3 is 6.18 Å². The van der Waals surface area contributed by atoms with Crippen molar-refractivity contribution in [2.24, 2.45) is 5.92 Å². The van der Waals surface area contributed by atoms with E-state index in [0.29, 0.717) is 32.1 Å². The average Bonchev–Trinajstić information content (AvgIpc) is 3.19. The molecule has 0 bridgehead atoms. The van der Waals surface area contributed by atoms with Crippen molar-refractivity contribution in [2.45, 2.75) is 52.3 Å². The van der Waals surface area contributed by atoms with Gasteiger partial charge in [0.25, 0.3) is 0 Å². The molecule has 2 atom stereocenters.